The van der Waals surface area contributed by atoms with Crippen LogP contribution in [0.15, 0.2) is 42.5 Å². The zero-order valence-electron chi connectivity index (χ0n) is 17.9. The fourth-order valence-corrected chi connectivity index (χ4v) is 3.21. The van der Waals surface area contributed by atoms with E-state index in [-0.39, 0.29) is 18.5 Å². The van der Waals surface area contributed by atoms with Crippen LogP contribution >= 0.6 is 11.6 Å². The molecule has 0 bridgehead atoms. The summed E-state index contributed by atoms with van der Waals surface area (Å²) in [4.78, 5) is 49.1. The highest BCUT2D eigenvalue weighted by molar-refractivity contribution is 6.30. The van der Waals surface area contributed by atoms with Gasteiger partial charge in [0.05, 0.1) is 26.7 Å². The van der Waals surface area contributed by atoms with Gasteiger partial charge in [-0.15, -0.1) is 0 Å². The van der Waals surface area contributed by atoms with Crippen molar-refractivity contribution in [3.63, 3.8) is 0 Å². The lowest BCUT2D eigenvalue weighted by Gasteiger charge is -2.18. The molecule has 3 rings (SSSR count). The van der Waals surface area contributed by atoms with Crippen LogP contribution in [0.2, 0.25) is 5.02 Å². The molecular weight excluding hydrogens is 454 g/mol. The van der Waals surface area contributed by atoms with Crippen molar-refractivity contribution in [3.8, 4) is 11.5 Å². The first-order valence-electron chi connectivity index (χ1n) is 9.85. The summed E-state index contributed by atoms with van der Waals surface area (Å²) < 4.78 is 15.3. The summed E-state index contributed by atoms with van der Waals surface area (Å²) in [6, 6.07) is 11.0. The molecule has 2 N–H and O–H groups in total. The SMILES string of the molecule is COc1cc(OC)cc(C(=O)NN2C[C@@H](C(=O)OCC(=O)Nc3ccc(Cl)cc3)CC2=O)c1. The largest absolute Gasteiger partial charge is 0.497 e. The second-order valence-electron chi connectivity index (χ2n) is 7.11. The van der Waals surface area contributed by atoms with Crippen LogP contribution in [-0.2, 0) is 19.1 Å². The maximum absolute atomic E-state index is 12.6. The van der Waals surface area contributed by atoms with Crippen LogP contribution in [0.4, 0.5) is 5.69 Å². The van der Waals surface area contributed by atoms with Gasteiger partial charge in [0, 0.05) is 28.8 Å². The number of amides is 3. The van der Waals surface area contributed by atoms with Gasteiger partial charge in [0.1, 0.15) is 11.5 Å². The van der Waals surface area contributed by atoms with Gasteiger partial charge >= 0.3 is 5.97 Å². The lowest BCUT2D eigenvalue weighted by Crippen LogP contribution is -2.43. The van der Waals surface area contributed by atoms with Gasteiger partial charge in [0.2, 0.25) is 5.91 Å². The summed E-state index contributed by atoms with van der Waals surface area (Å²) in [7, 11) is 2.90. The number of carbonyl (C=O) groups excluding carboxylic acids is 4. The molecule has 2 aromatic rings. The van der Waals surface area contributed by atoms with Gasteiger partial charge in [0.25, 0.3) is 11.8 Å². The second-order valence-corrected chi connectivity index (χ2v) is 7.55. The molecule has 0 spiro atoms. The number of nitrogens with one attached hydrogen (secondary N) is 2. The number of methoxy groups -OCH3 is 2. The van der Waals surface area contributed by atoms with E-state index in [1.807, 2.05) is 0 Å². The number of nitrogens with zero attached hydrogens (tertiary/aromatic N) is 1. The Morgan fingerprint density at radius 2 is 1.70 bits per heavy atom. The van der Waals surface area contributed by atoms with E-state index in [1.165, 1.54) is 26.4 Å². The standard InChI is InChI=1S/C22H22ClN3O7/c1-31-17-7-13(8-18(10-17)32-2)21(29)25-26-11-14(9-20(26)28)22(30)33-12-19(27)24-16-5-3-15(23)4-6-16/h3-8,10,14H,9,11-12H2,1-2H3,(H,24,27)(H,25,29)/t14-/m0/s1. The molecule has 2 aromatic carbocycles. The molecule has 1 atom stereocenters. The minimum atomic E-state index is -0.819. The Kier molecular flexibility index (Phi) is 7.73. The first-order valence-corrected chi connectivity index (χ1v) is 10.2. The van der Waals surface area contributed by atoms with E-state index < -0.39 is 36.2 Å². The Bertz CT molecular complexity index is 1040. The Hall–Kier alpha value is -3.79. The van der Waals surface area contributed by atoms with Gasteiger partial charge in [-0.25, -0.2) is 0 Å². The number of hydrazine groups is 1. The summed E-state index contributed by atoms with van der Waals surface area (Å²) in [5, 5.41) is 4.14. The molecule has 1 aliphatic rings. The number of hydrogen-bond acceptors (Lipinski definition) is 7. The smallest absolute Gasteiger partial charge is 0.311 e. The van der Waals surface area contributed by atoms with Gasteiger partial charge in [0.15, 0.2) is 6.61 Å². The van der Waals surface area contributed by atoms with Crippen molar-refractivity contribution < 1.29 is 33.4 Å². The topological polar surface area (TPSA) is 123 Å². The molecule has 0 unspecified atom stereocenters. The molecule has 174 valence electrons. The summed E-state index contributed by atoms with van der Waals surface area (Å²) >= 11 is 5.79. The summed E-state index contributed by atoms with van der Waals surface area (Å²) in [6.07, 6.45) is -0.153. The Balaban J connectivity index is 1.52. The van der Waals surface area contributed by atoms with Crippen molar-refractivity contribution in [2.45, 2.75) is 6.42 Å². The molecule has 0 radical (unpaired) electrons. The highest BCUT2D eigenvalue weighted by Crippen LogP contribution is 2.23. The number of benzene rings is 2. The van der Waals surface area contributed by atoms with Crippen molar-refractivity contribution in [1.82, 2.24) is 10.4 Å². The molecule has 0 aromatic heterocycles. The molecule has 33 heavy (non-hydrogen) atoms. The van der Waals surface area contributed by atoms with E-state index in [0.717, 1.165) is 5.01 Å². The quantitative estimate of drug-likeness (QED) is 0.560. The number of hydrogen-bond donors (Lipinski definition) is 2. The van der Waals surface area contributed by atoms with E-state index in [2.05, 4.69) is 10.7 Å². The molecule has 11 heteroatoms. The average Bonchev–Trinajstić information content (AvgIpc) is 3.18. The molecule has 1 fully saturated rings. The number of anilines is 1. The molecule has 3 amide bonds. The van der Waals surface area contributed by atoms with Crippen LogP contribution in [0.1, 0.15) is 16.8 Å². The Morgan fingerprint density at radius 1 is 1.06 bits per heavy atom. The number of carbonyl (C=O) groups is 4. The van der Waals surface area contributed by atoms with Crippen molar-refractivity contribution in [3.05, 3.63) is 53.1 Å². The van der Waals surface area contributed by atoms with Crippen LogP contribution in [0.25, 0.3) is 0 Å². The van der Waals surface area contributed by atoms with Crippen LogP contribution in [0, 0.1) is 5.92 Å². The van der Waals surface area contributed by atoms with E-state index in [1.54, 1.807) is 30.3 Å². The third kappa shape index (κ3) is 6.36. The lowest BCUT2D eigenvalue weighted by atomic mass is 10.1. The highest BCUT2D eigenvalue weighted by Gasteiger charge is 2.36. The third-order valence-electron chi connectivity index (χ3n) is 4.78. The average molecular weight is 476 g/mol. The van der Waals surface area contributed by atoms with Gasteiger partial charge in [-0.1, -0.05) is 11.6 Å². The molecular formula is C22H22ClN3O7. The van der Waals surface area contributed by atoms with E-state index in [9.17, 15) is 19.2 Å². The maximum Gasteiger partial charge on any atom is 0.311 e. The van der Waals surface area contributed by atoms with E-state index >= 15 is 0 Å². The van der Waals surface area contributed by atoms with Gasteiger partial charge in [-0.2, -0.15) is 0 Å². The monoisotopic (exact) mass is 475 g/mol. The van der Waals surface area contributed by atoms with Crippen molar-refractivity contribution in [1.29, 1.82) is 0 Å². The third-order valence-corrected chi connectivity index (χ3v) is 5.03. The number of halogens is 1. The predicted molar refractivity (Wildman–Crippen MR) is 118 cm³/mol. The Morgan fingerprint density at radius 3 is 2.30 bits per heavy atom. The highest BCUT2D eigenvalue weighted by atomic mass is 35.5. The Labute approximate surface area is 194 Å². The number of ether oxygens (including phenoxy) is 3. The molecule has 10 nitrogen and oxygen atoms in total. The van der Waals surface area contributed by atoms with Gasteiger partial charge < -0.3 is 19.5 Å². The zero-order valence-corrected chi connectivity index (χ0v) is 18.7. The predicted octanol–water partition coefficient (Wildman–Crippen LogP) is 2.03. The normalized spacial score (nSPS) is 15.1. The maximum atomic E-state index is 12.6. The number of esters is 1. The lowest BCUT2D eigenvalue weighted by molar-refractivity contribution is -0.151. The van der Waals surface area contributed by atoms with Crippen LogP contribution < -0.4 is 20.2 Å². The minimum Gasteiger partial charge on any atom is -0.497 e. The first kappa shape index (κ1) is 23.9. The molecule has 0 aliphatic carbocycles. The molecule has 1 heterocycles. The van der Waals surface area contributed by atoms with Gasteiger partial charge in [-0.3, -0.25) is 29.6 Å². The molecule has 0 saturated carbocycles. The van der Waals surface area contributed by atoms with Crippen molar-refractivity contribution in [2.24, 2.45) is 5.92 Å². The summed E-state index contributed by atoms with van der Waals surface area (Å²) in [5.74, 6) is -2.28. The molecule has 1 saturated heterocycles. The molecule has 1 aliphatic heterocycles. The van der Waals surface area contributed by atoms with Crippen LogP contribution in [0.5, 0.6) is 11.5 Å². The van der Waals surface area contributed by atoms with Crippen molar-refractivity contribution >= 4 is 41.0 Å². The van der Waals surface area contributed by atoms with Crippen LogP contribution in [-0.4, -0.2) is 56.1 Å². The van der Waals surface area contributed by atoms with E-state index in [0.29, 0.717) is 22.2 Å². The zero-order chi connectivity index (χ0) is 24.0. The number of rotatable bonds is 8. The fraction of sp³-hybridized carbons (Fsp3) is 0.273. The van der Waals surface area contributed by atoms with Gasteiger partial charge in [-0.05, 0) is 36.4 Å². The summed E-state index contributed by atoms with van der Waals surface area (Å²) in [5.41, 5.74) is 3.18. The summed E-state index contributed by atoms with van der Waals surface area (Å²) in [6.45, 7) is -0.592. The minimum absolute atomic E-state index is 0.0800. The van der Waals surface area contributed by atoms with E-state index in [4.69, 9.17) is 25.8 Å². The fourth-order valence-electron chi connectivity index (χ4n) is 3.08. The van der Waals surface area contributed by atoms with Crippen LogP contribution in [0.3, 0.4) is 0 Å². The second kappa shape index (κ2) is 10.7. The van der Waals surface area contributed by atoms with Crippen molar-refractivity contribution in [2.75, 3.05) is 32.7 Å². The first-order chi connectivity index (χ1) is 15.8.